The molecule has 0 fully saturated rings. The van der Waals surface area contributed by atoms with E-state index in [1.165, 1.54) is 0 Å². The number of halogens is 1. The standard InChI is InChI=1S/C15H17N3O2.ClH/c1-18-7-2-3-13(18)15(19)17-12-4-5-14-11(9-12)10-16-6-8-20-14;/h2-5,7,9,16H,6,8,10H2,1H3,(H,17,19);1H. The number of carbonyl (C=O) groups is 1. The van der Waals surface area contributed by atoms with Crippen molar-refractivity contribution in [2.45, 2.75) is 6.54 Å². The highest BCUT2D eigenvalue weighted by Crippen LogP contribution is 2.24. The molecule has 0 spiro atoms. The Morgan fingerprint density at radius 3 is 3.00 bits per heavy atom. The second-order valence-electron chi connectivity index (χ2n) is 4.81. The van der Waals surface area contributed by atoms with E-state index in [1.807, 2.05) is 37.5 Å². The molecule has 0 radical (unpaired) electrons. The number of hydrogen-bond acceptors (Lipinski definition) is 3. The highest BCUT2D eigenvalue weighted by Gasteiger charge is 2.12. The van der Waals surface area contributed by atoms with E-state index in [-0.39, 0.29) is 18.3 Å². The Morgan fingerprint density at radius 1 is 1.38 bits per heavy atom. The van der Waals surface area contributed by atoms with Gasteiger partial charge in [-0.15, -0.1) is 12.4 Å². The first-order chi connectivity index (χ1) is 9.74. The van der Waals surface area contributed by atoms with Crippen LogP contribution in [0.5, 0.6) is 5.75 Å². The third-order valence-corrected chi connectivity index (χ3v) is 3.35. The molecule has 3 rings (SSSR count). The summed E-state index contributed by atoms with van der Waals surface area (Å²) in [5, 5.41) is 6.19. The molecule has 0 bridgehead atoms. The van der Waals surface area contributed by atoms with Gasteiger partial charge in [-0.25, -0.2) is 0 Å². The number of hydrogen-bond donors (Lipinski definition) is 2. The van der Waals surface area contributed by atoms with E-state index in [9.17, 15) is 4.79 Å². The first-order valence-corrected chi connectivity index (χ1v) is 6.63. The summed E-state index contributed by atoms with van der Waals surface area (Å²) in [5.74, 6) is 0.770. The van der Waals surface area contributed by atoms with E-state index in [1.54, 1.807) is 10.6 Å². The van der Waals surface area contributed by atoms with Crippen LogP contribution in [0.4, 0.5) is 5.69 Å². The average molecular weight is 308 g/mol. The fraction of sp³-hybridized carbons (Fsp3) is 0.267. The molecule has 5 nitrogen and oxygen atoms in total. The maximum atomic E-state index is 12.2. The number of nitrogens with one attached hydrogen (secondary N) is 2. The molecule has 21 heavy (non-hydrogen) atoms. The van der Waals surface area contributed by atoms with Crippen LogP contribution >= 0.6 is 12.4 Å². The topological polar surface area (TPSA) is 55.3 Å². The molecule has 112 valence electrons. The van der Waals surface area contributed by atoms with E-state index in [0.29, 0.717) is 12.3 Å². The molecular formula is C15H18ClN3O2. The Bertz CT molecular complexity index is 640. The lowest BCUT2D eigenvalue weighted by Crippen LogP contribution is -2.16. The minimum atomic E-state index is -0.111. The summed E-state index contributed by atoms with van der Waals surface area (Å²) in [6.07, 6.45) is 1.85. The molecule has 2 aromatic rings. The fourth-order valence-electron chi connectivity index (χ4n) is 2.28. The van der Waals surface area contributed by atoms with E-state index >= 15 is 0 Å². The molecule has 1 aromatic carbocycles. The van der Waals surface area contributed by atoms with Crippen LogP contribution in [0, 0.1) is 0 Å². The molecule has 6 heteroatoms. The number of rotatable bonds is 2. The molecule has 0 saturated carbocycles. The number of fused-ring (bicyclic) bond motifs is 1. The van der Waals surface area contributed by atoms with E-state index in [2.05, 4.69) is 10.6 Å². The lowest BCUT2D eigenvalue weighted by Gasteiger charge is -2.10. The minimum absolute atomic E-state index is 0. The van der Waals surface area contributed by atoms with Gasteiger partial charge in [-0.05, 0) is 30.3 Å². The van der Waals surface area contributed by atoms with E-state index < -0.39 is 0 Å². The van der Waals surface area contributed by atoms with Crippen molar-refractivity contribution in [2.75, 3.05) is 18.5 Å². The van der Waals surface area contributed by atoms with Crippen LogP contribution < -0.4 is 15.4 Å². The van der Waals surface area contributed by atoms with Crippen molar-refractivity contribution in [1.82, 2.24) is 9.88 Å². The molecule has 0 unspecified atom stereocenters. The zero-order valence-corrected chi connectivity index (χ0v) is 12.6. The van der Waals surface area contributed by atoms with Gasteiger partial charge in [0.2, 0.25) is 0 Å². The molecule has 1 aliphatic rings. The van der Waals surface area contributed by atoms with Gasteiger partial charge >= 0.3 is 0 Å². The number of carbonyl (C=O) groups excluding carboxylic acids is 1. The lowest BCUT2D eigenvalue weighted by molar-refractivity contribution is 0.101. The molecule has 1 amide bonds. The molecule has 1 aliphatic heterocycles. The van der Waals surface area contributed by atoms with Gasteiger partial charge in [-0.1, -0.05) is 0 Å². The van der Waals surface area contributed by atoms with Crippen LogP contribution in [0.2, 0.25) is 0 Å². The highest BCUT2D eigenvalue weighted by molar-refractivity contribution is 6.03. The molecular weight excluding hydrogens is 290 g/mol. The summed E-state index contributed by atoms with van der Waals surface area (Å²) in [5.41, 5.74) is 2.48. The SMILES string of the molecule is Cl.Cn1cccc1C(=O)Nc1ccc2c(c1)CNCCO2. The van der Waals surface area contributed by atoms with Gasteiger partial charge in [0, 0.05) is 37.6 Å². The van der Waals surface area contributed by atoms with Crippen molar-refractivity contribution in [1.29, 1.82) is 0 Å². The van der Waals surface area contributed by atoms with Crippen molar-refractivity contribution in [3.8, 4) is 5.75 Å². The summed E-state index contributed by atoms with van der Waals surface area (Å²) in [4.78, 5) is 12.2. The third kappa shape index (κ3) is 3.37. The maximum Gasteiger partial charge on any atom is 0.272 e. The number of aryl methyl sites for hydroxylation is 1. The summed E-state index contributed by atoms with van der Waals surface area (Å²) >= 11 is 0. The van der Waals surface area contributed by atoms with Gasteiger partial charge < -0.3 is 19.9 Å². The Kier molecular flexibility index (Phi) is 4.88. The van der Waals surface area contributed by atoms with Gasteiger partial charge in [0.05, 0.1) is 0 Å². The molecule has 2 heterocycles. The van der Waals surface area contributed by atoms with Crippen LogP contribution in [0.1, 0.15) is 16.1 Å². The van der Waals surface area contributed by atoms with Gasteiger partial charge in [-0.2, -0.15) is 0 Å². The predicted octanol–water partition coefficient (Wildman–Crippen LogP) is 2.18. The van der Waals surface area contributed by atoms with E-state index in [4.69, 9.17) is 4.74 Å². The van der Waals surface area contributed by atoms with Crippen LogP contribution in [0.3, 0.4) is 0 Å². The van der Waals surface area contributed by atoms with Gasteiger partial charge in [-0.3, -0.25) is 4.79 Å². The number of anilines is 1. The van der Waals surface area contributed by atoms with Gasteiger partial charge in [0.15, 0.2) is 0 Å². The zero-order chi connectivity index (χ0) is 13.9. The Labute approximate surface area is 129 Å². The first-order valence-electron chi connectivity index (χ1n) is 6.63. The third-order valence-electron chi connectivity index (χ3n) is 3.35. The summed E-state index contributed by atoms with van der Waals surface area (Å²) in [7, 11) is 1.85. The Hall–Kier alpha value is -1.98. The Morgan fingerprint density at radius 2 is 2.24 bits per heavy atom. The molecule has 0 aliphatic carbocycles. The Balaban J connectivity index is 0.00000161. The molecule has 1 aromatic heterocycles. The highest BCUT2D eigenvalue weighted by atomic mass is 35.5. The van der Waals surface area contributed by atoms with E-state index in [0.717, 1.165) is 30.1 Å². The normalized spacial score (nSPS) is 13.4. The smallest absolute Gasteiger partial charge is 0.272 e. The van der Waals surface area contributed by atoms with Crippen LogP contribution in [0.15, 0.2) is 36.5 Å². The second-order valence-corrected chi connectivity index (χ2v) is 4.81. The number of amides is 1. The summed E-state index contributed by atoms with van der Waals surface area (Å²) in [6.45, 7) is 2.25. The van der Waals surface area contributed by atoms with Crippen LogP contribution in [-0.4, -0.2) is 23.6 Å². The maximum absolute atomic E-state index is 12.2. The largest absolute Gasteiger partial charge is 0.492 e. The first kappa shape index (κ1) is 15.4. The molecule has 0 atom stereocenters. The number of nitrogens with zero attached hydrogens (tertiary/aromatic N) is 1. The number of aromatic nitrogens is 1. The van der Waals surface area contributed by atoms with Gasteiger partial charge in [0.1, 0.15) is 18.1 Å². The fourth-order valence-corrected chi connectivity index (χ4v) is 2.28. The zero-order valence-electron chi connectivity index (χ0n) is 11.8. The minimum Gasteiger partial charge on any atom is -0.492 e. The van der Waals surface area contributed by atoms with Crippen molar-refractivity contribution in [2.24, 2.45) is 7.05 Å². The summed E-state index contributed by atoms with van der Waals surface area (Å²) in [6, 6.07) is 9.37. The van der Waals surface area contributed by atoms with Crippen molar-refractivity contribution >= 4 is 24.0 Å². The average Bonchev–Trinajstić information content (AvgIpc) is 2.73. The number of ether oxygens (including phenoxy) is 1. The second kappa shape index (κ2) is 6.65. The quantitative estimate of drug-likeness (QED) is 0.894. The van der Waals surface area contributed by atoms with Crippen molar-refractivity contribution in [3.05, 3.63) is 47.8 Å². The summed E-state index contributed by atoms with van der Waals surface area (Å²) < 4.78 is 7.42. The number of benzene rings is 1. The van der Waals surface area contributed by atoms with Crippen molar-refractivity contribution in [3.63, 3.8) is 0 Å². The lowest BCUT2D eigenvalue weighted by atomic mass is 10.1. The van der Waals surface area contributed by atoms with Crippen LogP contribution in [0.25, 0.3) is 0 Å². The van der Waals surface area contributed by atoms with Crippen molar-refractivity contribution < 1.29 is 9.53 Å². The van der Waals surface area contributed by atoms with Crippen LogP contribution in [-0.2, 0) is 13.6 Å². The monoisotopic (exact) mass is 307 g/mol. The predicted molar refractivity (Wildman–Crippen MR) is 84.3 cm³/mol. The molecule has 0 saturated heterocycles. The molecule has 2 N–H and O–H groups in total. The van der Waals surface area contributed by atoms with Gasteiger partial charge in [0.25, 0.3) is 5.91 Å².